The molecule has 1 aromatic carbocycles. The third kappa shape index (κ3) is 3.37. The van der Waals surface area contributed by atoms with Gasteiger partial charge < -0.3 is 14.6 Å². The van der Waals surface area contributed by atoms with E-state index in [9.17, 15) is 9.90 Å². The van der Waals surface area contributed by atoms with Crippen molar-refractivity contribution in [2.45, 2.75) is 38.6 Å². The van der Waals surface area contributed by atoms with Gasteiger partial charge in [0.25, 0.3) is 0 Å². The third-order valence-electron chi connectivity index (χ3n) is 5.43. The Bertz CT molecular complexity index is 880. The molecule has 1 aromatic heterocycles. The Morgan fingerprint density at radius 2 is 2.11 bits per heavy atom. The number of phenolic OH excluding ortho intramolecular Hbond substituents is 1. The average molecular weight is 368 g/mol. The number of aldehydes is 1. The van der Waals surface area contributed by atoms with Gasteiger partial charge in [0.15, 0.2) is 6.29 Å². The maximum atomic E-state index is 11.4. The number of ether oxygens (including phenoxy) is 2. The number of allylic oxidation sites excluding steroid dienone is 1. The molecule has 0 radical (unpaired) electrons. The predicted octanol–water partition coefficient (Wildman–Crippen LogP) is 3.69. The Hall–Kier alpha value is -2.60. The van der Waals surface area contributed by atoms with Crippen molar-refractivity contribution in [1.82, 2.24) is 9.78 Å². The minimum absolute atomic E-state index is 0.0107. The molecule has 6 nitrogen and oxygen atoms in total. The molecule has 1 aliphatic heterocycles. The molecule has 27 heavy (non-hydrogen) atoms. The topological polar surface area (TPSA) is 73.6 Å². The fraction of sp³-hybridized carbons (Fsp3) is 0.429. The van der Waals surface area contributed by atoms with Crippen LogP contribution in [0.5, 0.6) is 11.5 Å². The summed E-state index contributed by atoms with van der Waals surface area (Å²) in [5.74, 6) is 0.412. The maximum Gasteiger partial charge on any atom is 0.157 e. The van der Waals surface area contributed by atoms with Crippen molar-refractivity contribution in [3.8, 4) is 11.5 Å². The number of carbonyl (C=O) groups is 1. The number of aryl methyl sites for hydroxylation is 1. The van der Waals surface area contributed by atoms with Crippen LogP contribution in [0.2, 0.25) is 0 Å². The molecule has 0 spiro atoms. The molecule has 1 saturated heterocycles. The Morgan fingerprint density at radius 1 is 1.30 bits per heavy atom. The molecule has 6 heteroatoms. The minimum Gasteiger partial charge on any atom is -0.507 e. The van der Waals surface area contributed by atoms with Crippen molar-refractivity contribution in [1.29, 1.82) is 0 Å². The van der Waals surface area contributed by atoms with E-state index in [2.05, 4.69) is 15.8 Å². The van der Waals surface area contributed by atoms with Crippen molar-refractivity contribution < 1.29 is 19.4 Å². The fourth-order valence-corrected chi connectivity index (χ4v) is 3.75. The lowest BCUT2D eigenvalue weighted by atomic mass is 9.90. The number of hydrogen-bond acceptors (Lipinski definition) is 5. The molecular weight excluding hydrogens is 344 g/mol. The zero-order chi connectivity index (χ0) is 18.8. The first-order chi connectivity index (χ1) is 13.2. The summed E-state index contributed by atoms with van der Waals surface area (Å²) in [5, 5.41) is 14.6. The highest BCUT2D eigenvalue weighted by Crippen LogP contribution is 2.35. The Labute approximate surface area is 158 Å². The second-order valence-corrected chi connectivity index (χ2v) is 7.19. The SMILES string of the molecule is Cc1ccc(OCC2=C(c3ccnn3C3COC3)CCCC2)c(C=O)c1O. The van der Waals surface area contributed by atoms with Gasteiger partial charge in [-0.1, -0.05) is 6.07 Å². The summed E-state index contributed by atoms with van der Waals surface area (Å²) in [5.41, 5.74) is 4.54. The number of aromatic nitrogens is 2. The second kappa shape index (κ2) is 7.56. The molecule has 1 fully saturated rings. The average Bonchev–Trinajstić information content (AvgIpc) is 3.10. The zero-order valence-electron chi connectivity index (χ0n) is 15.5. The van der Waals surface area contributed by atoms with Gasteiger partial charge in [-0.2, -0.15) is 5.10 Å². The van der Waals surface area contributed by atoms with Crippen LogP contribution in [0.4, 0.5) is 0 Å². The van der Waals surface area contributed by atoms with Gasteiger partial charge in [-0.3, -0.25) is 9.48 Å². The first-order valence-corrected chi connectivity index (χ1v) is 9.42. The lowest BCUT2D eigenvalue weighted by Crippen LogP contribution is -2.32. The van der Waals surface area contributed by atoms with Crippen molar-refractivity contribution >= 4 is 11.9 Å². The van der Waals surface area contributed by atoms with E-state index in [0.29, 0.717) is 43.5 Å². The molecule has 0 saturated carbocycles. The van der Waals surface area contributed by atoms with Gasteiger partial charge in [0.05, 0.1) is 30.5 Å². The normalized spacial score (nSPS) is 17.7. The molecule has 1 aliphatic carbocycles. The van der Waals surface area contributed by atoms with Crippen LogP contribution in [-0.2, 0) is 4.74 Å². The molecule has 142 valence electrons. The van der Waals surface area contributed by atoms with Crippen LogP contribution in [-0.4, -0.2) is 41.0 Å². The first kappa shape index (κ1) is 17.8. The predicted molar refractivity (Wildman–Crippen MR) is 101 cm³/mol. The van der Waals surface area contributed by atoms with Gasteiger partial charge in [0.2, 0.25) is 0 Å². The van der Waals surface area contributed by atoms with E-state index < -0.39 is 0 Å². The first-order valence-electron chi connectivity index (χ1n) is 9.42. The smallest absolute Gasteiger partial charge is 0.157 e. The summed E-state index contributed by atoms with van der Waals surface area (Å²) in [7, 11) is 0. The van der Waals surface area contributed by atoms with E-state index in [4.69, 9.17) is 9.47 Å². The number of nitrogens with zero attached hydrogens (tertiary/aromatic N) is 2. The van der Waals surface area contributed by atoms with Gasteiger partial charge in [-0.15, -0.1) is 0 Å². The van der Waals surface area contributed by atoms with Crippen molar-refractivity contribution in [3.05, 3.63) is 46.8 Å². The summed E-state index contributed by atoms with van der Waals surface area (Å²) in [6, 6.07) is 5.88. The molecule has 1 N–H and O–H groups in total. The second-order valence-electron chi connectivity index (χ2n) is 7.19. The van der Waals surface area contributed by atoms with Crippen LogP contribution >= 0.6 is 0 Å². The Kier molecular flexibility index (Phi) is 4.99. The zero-order valence-corrected chi connectivity index (χ0v) is 15.5. The van der Waals surface area contributed by atoms with E-state index in [1.165, 1.54) is 11.1 Å². The monoisotopic (exact) mass is 368 g/mol. The van der Waals surface area contributed by atoms with Gasteiger partial charge in [0.1, 0.15) is 18.1 Å². The Morgan fingerprint density at radius 3 is 2.85 bits per heavy atom. The molecule has 0 bridgehead atoms. The lowest BCUT2D eigenvalue weighted by Gasteiger charge is -2.29. The van der Waals surface area contributed by atoms with Gasteiger partial charge in [-0.05, 0) is 61.4 Å². The molecule has 0 amide bonds. The van der Waals surface area contributed by atoms with Crippen LogP contribution in [0.25, 0.3) is 5.57 Å². The summed E-state index contributed by atoms with van der Waals surface area (Å²) < 4.78 is 13.4. The third-order valence-corrected chi connectivity index (χ3v) is 5.43. The molecular formula is C21H24N2O4. The van der Waals surface area contributed by atoms with E-state index in [-0.39, 0.29) is 11.3 Å². The van der Waals surface area contributed by atoms with Gasteiger partial charge in [0, 0.05) is 6.20 Å². The lowest BCUT2D eigenvalue weighted by molar-refractivity contribution is -0.0290. The van der Waals surface area contributed by atoms with E-state index in [1.54, 1.807) is 19.1 Å². The van der Waals surface area contributed by atoms with E-state index in [0.717, 1.165) is 31.4 Å². The number of rotatable bonds is 6. The fourth-order valence-electron chi connectivity index (χ4n) is 3.75. The molecule has 0 atom stereocenters. The molecule has 4 rings (SSSR count). The molecule has 2 aliphatic rings. The summed E-state index contributed by atoms with van der Waals surface area (Å²) >= 11 is 0. The van der Waals surface area contributed by atoms with Crippen LogP contribution in [0.1, 0.15) is 53.3 Å². The molecule has 0 unspecified atom stereocenters. The number of benzene rings is 1. The number of aromatic hydroxyl groups is 1. The highest BCUT2D eigenvalue weighted by atomic mass is 16.5. The van der Waals surface area contributed by atoms with Crippen LogP contribution in [0.3, 0.4) is 0 Å². The molecule has 2 heterocycles. The standard InChI is InChI=1S/C21H24N2O4/c1-14-6-7-20(18(10-24)21(14)25)27-11-15-4-2-3-5-17(15)19-8-9-22-23(19)16-12-26-13-16/h6-10,16,25H,2-5,11-13H2,1H3. The summed E-state index contributed by atoms with van der Waals surface area (Å²) in [6.45, 7) is 3.59. The largest absolute Gasteiger partial charge is 0.507 e. The van der Waals surface area contributed by atoms with E-state index in [1.807, 2.05) is 6.20 Å². The van der Waals surface area contributed by atoms with Crippen molar-refractivity contribution in [3.63, 3.8) is 0 Å². The molecule has 2 aromatic rings. The van der Waals surface area contributed by atoms with Crippen molar-refractivity contribution in [2.75, 3.05) is 19.8 Å². The van der Waals surface area contributed by atoms with E-state index >= 15 is 0 Å². The van der Waals surface area contributed by atoms with Crippen LogP contribution in [0, 0.1) is 6.92 Å². The van der Waals surface area contributed by atoms with Gasteiger partial charge in [-0.25, -0.2) is 0 Å². The summed E-state index contributed by atoms with van der Waals surface area (Å²) in [6.07, 6.45) is 6.74. The van der Waals surface area contributed by atoms with Crippen LogP contribution < -0.4 is 4.74 Å². The summed E-state index contributed by atoms with van der Waals surface area (Å²) in [4.78, 5) is 11.4. The number of carbonyl (C=O) groups excluding carboxylic acids is 1. The Balaban J connectivity index is 1.61. The highest BCUT2D eigenvalue weighted by Gasteiger charge is 2.26. The van der Waals surface area contributed by atoms with Gasteiger partial charge >= 0.3 is 0 Å². The maximum absolute atomic E-state index is 11.4. The number of hydrogen-bond donors (Lipinski definition) is 1. The van der Waals surface area contributed by atoms with Crippen molar-refractivity contribution in [2.24, 2.45) is 0 Å². The number of phenols is 1. The quantitative estimate of drug-likeness (QED) is 0.787. The minimum atomic E-state index is -0.0107. The van der Waals surface area contributed by atoms with Crippen LogP contribution in [0.15, 0.2) is 30.0 Å². The highest BCUT2D eigenvalue weighted by molar-refractivity contribution is 5.84.